The molecule has 1 saturated carbocycles. The third kappa shape index (κ3) is 2.55. The van der Waals surface area contributed by atoms with Gasteiger partial charge in [0.15, 0.2) is 5.96 Å². The van der Waals surface area contributed by atoms with Gasteiger partial charge in [0.25, 0.3) is 0 Å². The topological polar surface area (TPSA) is 49.3 Å². The highest BCUT2D eigenvalue weighted by atomic mass is 32.1. The van der Waals surface area contributed by atoms with Gasteiger partial charge in [-0.1, -0.05) is 27.7 Å². The SMILES string of the molecule is CN=C(NCc1nc(C)c(C)s1)NC1C(C)(C)C1(C)C. The fourth-order valence-corrected chi connectivity index (χ4v) is 3.54. The van der Waals surface area contributed by atoms with Gasteiger partial charge in [0.1, 0.15) is 5.01 Å². The van der Waals surface area contributed by atoms with Gasteiger partial charge >= 0.3 is 0 Å². The zero-order valence-corrected chi connectivity index (χ0v) is 14.4. The summed E-state index contributed by atoms with van der Waals surface area (Å²) < 4.78 is 0. The Morgan fingerprint density at radius 2 is 1.85 bits per heavy atom. The maximum atomic E-state index is 4.54. The van der Waals surface area contributed by atoms with Crippen molar-refractivity contribution in [3.63, 3.8) is 0 Å². The normalized spacial score (nSPS) is 20.9. The van der Waals surface area contributed by atoms with Crippen molar-refractivity contribution in [2.75, 3.05) is 7.05 Å². The van der Waals surface area contributed by atoms with Crippen LogP contribution in [0.15, 0.2) is 4.99 Å². The van der Waals surface area contributed by atoms with E-state index in [9.17, 15) is 0 Å². The number of nitrogens with one attached hydrogen (secondary N) is 2. The number of thiazole rings is 1. The van der Waals surface area contributed by atoms with Crippen molar-refractivity contribution >= 4 is 17.3 Å². The zero-order valence-electron chi connectivity index (χ0n) is 13.6. The van der Waals surface area contributed by atoms with Crippen molar-refractivity contribution in [2.24, 2.45) is 15.8 Å². The van der Waals surface area contributed by atoms with Crippen molar-refractivity contribution in [1.82, 2.24) is 15.6 Å². The summed E-state index contributed by atoms with van der Waals surface area (Å²) in [6, 6.07) is 0.459. The highest BCUT2D eigenvalue weighted by Crippen LogP contribution is 2.62. The number of guanidine groups is 1. The summed E-state index contributed by atoms with van der Waals surface area (Å²) >= 11 is 1.74. The Morgan fingerprint density at radius 3 is 2.25 bits per heavy atom. The number of aryl methyl sites for hydroxylation is 2. The molecule has 1 aliphatic carbocycles. The van der Waals surface area contributed by atoms with Crippen LogP contribution in [-0.4, -0.2) is 24.0 Å². The lowest BCUT2D eigenvalue weighted by Crippen LogP contribution is -2.40. The van der Waals surface area contributed by atoms with Crippen molar-refractivity contribution in [1.29, 1.82) is 0 Å². The van der Waals surface area contributed by atoms with Crippen LogP contribution in [0.3, 0.4) is 0 Å². The van der Waals surface area contributed by atoms with Crippen LogP contribution >= 0.6 is 11.3 Å². The average Bonchev–Trinajstić information content (AvgIpc) is 2.61. The van der Waals surface area contributed by atoms with Crippen LogP contribution in [0.1, 0.15) is 43.3 Å². The molecule has 1 fully saturated rings. The maximum absolute atomic E-state index is 4.54. The molecule has 0 spiro atoms. The third-order valence-electron chi connectivity index (χ3n) is 5.01. The Kier molecular flexibility index (Phi) is 3.84. The number of aliphatic imine (C=N–C) groups is 1. The van der Waals surface area contributed by atoms with Crippen LogP contribution in [0, 0.1) is 24.7 Å². The number of nitrogens with zero attached hydrogens (tertiary/aromatic N) is 2. The van der Waals surface area contributed by atoms with Gasteiger partial charge in [-0.2, -0.15) is 0 Å². The maximum Gasteiger partial charge on any atom is 0.191 e. The van der Waals surface area contributed by atoms with Crippen molar-refractivity contribution in [2.45, 2.75) is 54.1 Å². The lowest BCUT2D eigenvalue weighted by atomic mass is 10.0. The molecule has 0 radical (unpaired) electrons. The molecular weight excluding hydrogens is 268 g/mol. The summed E-state index contributed by atoms with van der Waals surface area (Å²) in [6.45, 7) is 14.1. The monoisotopic (exact) mass is 294 g/mol. The Morgan fingerprint density at radius 1 is 1.25 bits per heavy atom. The number of hydrogen-bond acceptors (Lipinski definition) is 3. The summed E-state index contributed by atoms with van der Waals surface area (Å²) in [5.41, 5.74) is 1.73. The minimum absolute atomic E-state index is 0.305. The quantitative estimate of drug-likeness (QED) is 0.666. The van der Waals surface area contributed by atoms with Gasteiger partial charge in [0.05, 0.1) is 12.2 Å². The first kappa shape index (κ1) is 15.3. The molecular formula is C15H26N4S. The first-order valence-electron chi connectivity index (χ1n) is 7.10. The lowest BCUT2D eigenvalue weighted by Gasteiger charge is -2.12. The standard InChI is InChI=1S/C15H26N4S/c1-9-10(2)20-11(18-9)8-17-13(16-7)19-12-14(3,4)15(12,5)6/h12H,8H2,1-7H3,(H2,16,17,19). The molecule has 1 heterocycles. The molecule has 2 rings (SSSR count). The van der Waals surface area contributed by atoms with Gasteiger partial charge in [-0.15, -0.1) is 11.3 Å². The summed E-state index contributed by atoms with van der Waals surface area (Å²) in [7, 11) is 1.82. The first-order valence-corrected chi connectivity index (χ1v) is 7.92. The van der Waals surface area contributed by atoms with Gasteiger partial charge < -0.3 is 10.6 Å². The number of rotatable bonds is 3. The van der Waals surface area contributed by atoms with Crippen LogP contribution in [0.5, 0.6) is 0 Å². The molecule has 1 aliphatic rings. The van der Waals surface area contributed by atoms with E-state index < -0.39 is 0 Å². The lowest BCUT2D eigenvalue weighted by molar-refractivity contribution is 0.457. The Bertz CT molecular complexity index is 494. The Hall–Kier alpha value is -1.10. The van der Waals surface area contributed by atoms with E-state index in [0.717, 1.165) is 23.2 Å². The van der Waals surface area contributed by atoms with Gasteiger partial charge in [-0.3, -0.25) is 4.99 Å². The molecule has 0 amide bonds. The zero-order chi connectivity index (χ0) is 15.1. The molecule has 1 aromatic heterocycles. The van der Waals surface area contributed by atoms with E-state index in [1.54, 1.807) is 11.3 Å². The number of hydrogen-bond donors (Lipinski definition) is 2. The summed E-state index contributed by atoms with van der Waals surface area (Å²) in [5, 5.41) is 8.00. The molecule has 20 heavy (non-hydrogen) atoms. The van der Waals surface area contributed by atoms with Gasteiger partial charge in [0.2, 0.25) is 0 Å². The van der Waals surface area contributed by atoms with Crippen LogP contribution in [0.4, 0.5) is 0 Å². The molecule has 0 saturated heterocycles. The largest absolute Gasteiger partial charge is 0.353 e. The minimum atomic E-state index is 0.305. The highest BCUT2D eigenvalue weighted by molar-refractivity contribution is 7.11. The van der Waals surface area contributed by atoms with E-state index in [2.05, 4.69) is 62.2 Å². The van der Waals surface area contributed by atoms with Crippen LogP contribution in [0.2, 0.25) is 0 Å². The fourth-order valence-electron chi connectivity index (χ4n) is 2.66. The van der Waals surface area contributed by atoms with Crippen LogP contribution in [0.25, 0.3) is 0 Å². The second-order valence-electron chi connectivity index (χ2n) is 6.70. The summed E-state index contributed by atoms with van der Waals surface area (Å²) in [5.74, 6) is 0.860. The van der Waals surface area contributed by atoms with Gasteiger partial charge in [-0.05, 0) is 24.7 Å². The smallest absolute Gasteiger partial charge is 0.191 e. The van der Waals surface area contributed by atoms with E-state index in [1.807, 2.05) is 7.05 Å². The second kappa shape index (κ2) is 5.02. The van der Waals surface area contributed by atoms with E-state index >= 15 is 0 Å². The molecule has 1 aromatic rings. The molecule has 0 aliphatic heterocycles. The fraction of sp³-hybridized carbons (Fsp3) is 0.733. The van der Waals surface area contributed by atoms with Crippen LogP contribution in [-0.2, 0) is 6.54 Å². The molecule has 4 nitrogen and oxygen atoms in total. The average molecular weight is 294 g/mol. The molecule has 0 aromatic carbocycles. The molecule has 2 N–H and O–H groups in total. The molecule has 0 unspecified atom stereocenters. The van der Waals surface area contributed by atoms with E-state index in [-0.39, 0.29) is 0 Å². The summed E-state index contributed by atoms with van der Waals surface area (Å²) in [4.78, 5) is 10.1. The van der Waals surface area contributed by atoms with Crippen molar-refractivity contribution in [3.05, 3.63) is 15.6 Å². The minimum Gasteiger partial charge on any atom is -0.353 e. The van der Waals surface area contributed by atoms with E-state index in [0.29, 0.717) is 16.9 Å². The highest BCUT2D eigenvalue weighted by Gasteiger charge is 2.65. The summed E-state index contributed by atoms with van der Waals surface area (Å²) in [6.07, 6.45) is 0. The Labute approximate surface area is 126 Å². The number of aromatic nitrogens is 1. The molecule has 0 atom stereocenters. The van der Waals surface area contributed by atoms with Gasteiger partial charge in [-0.25, -0.2) is 4.98 Å². The van der Waals surface area contributed by atoms with Crippen molar-refractivity contribution < 1.29 is 0 Å². The first-order chi connectivity index (χ1) is 9.20. The van der Waals surface area contributed by atoms with Crippen molar-refractivity contribution in [3.8, 4) is 0 Å². The van der Waals surface area contributed by atoms with Gasteiger partial charge in [0, 0.05) is 18.0 Å². The predicted octanol–water partition coefficient (Wildman–Crippen LogP) is 2.86. The third-order valence-corrected chi connectivity index (χ3v) is 6.08. The van der Waals surface area contributed by atoms with E-state index in [1.165, 1.54) is 4.88 Å². The predicted molar refractivity (Wildman–Crippen MR) is 86.3 cm³/mol. The molecule has 0 bridgehead atoms. The Balaban J connectivity index is 1.92. The molecule has 5 heteroatoms. The molecule has 112 valence electrons. The van der Waals surface area contributed by atoms with E-state index in [4.69, 9.17) is 0 Å². The second-order valence-corrected chi connectivity index (χ2v) is 7.98. The van der Waals surface area contributed by atoms with Crippen LogP contribution < -0.4 is 10.6 Å².